The second kappa shape index (κ2) is 3.26. The SMILES string of the molecule is O=[C]C1CC1c1cccc2c1OCCO2. The van der Waals surface area contributed by atoms with Crippen molar-refractivity contribution in [1.29, 1.82) is 0 Å². The number of carbonyl (C=O) groups excluding carboxylic acids is 1. The van der Waals surface area contributed by atoms with Crippen LogP contribution >= 0.6 is 0 Å². The van der Waals surface area contributed by atoms with E-state index in [9.17, 15) is 4.79 Å². The Morgan fingerprint density at radius 2 is 2.13 bits per heavy atom. The lowest BCUT2D eigenvalue weighted by Gasteiger charge is -2.20. The number of fused-ring (bicyclic) bond motifs is 1. The summed E-state index contributed by atoms with van der Waals surface area (Å²) in [5.74, 6) is 1.97. The van der Waals surface area contributed by atoms with Gasteiger partial charge in [0.1, 0.15) is 13.2 Å². The second-order valence-corrected chi connectivity index (χ2v) is 3.94. The molecule has 77 valence electrons. The van der Waals surface area contributed by atoms with Crippen molar-refractivity contribution in [1.82, 2.24) is 0 Å². The van der Waals surface area contributed by atoms with E-state index in [-0.39, 0.29) is 5.92 Å². The van der Waals surface area contributed by atoms with E-state index in [1.54, 1.807) is 0 Å². The van der Waals surface area contributed by atoms with Crippen LogP contribution in [-0.2, 0) is 4.79 Å². The Labute approximate surface area is 88.0 Å². The Kier molecular flexibility index (Phi) is 1.91. The summed E-state index contributed by atoms with van der Waals surface area (Å²) in [5, 5.41) is 0. The number of hydrogen-bond acceptors (Lipinski definition) is 3. The lowest BCUT2D eigenvalue weighted by atomic mass is 10.1. The smallest absolute Gasteiger partial charge is 0.202 e. The largest absolute Gasteiger partial charge is 0.486 e. The summed E-state index contributed by atoms with van der Waals surface area (Å²) in [5.41, 5.74) is 1.10. The van der Waals surface area contributed by atoms with Crippen LogP contribution in [0.1, 0.15) is 17.9 Å². The first-order valence-electron chi connectivity index (χ1n) is 5.16. The molecule has 3 rings (SSSR count). The molecule has 1 aliphatic heterocycles. The van der Waals surface area contributed by atoms with Crippen LogP contribution < -0.4 is 9.47 Å². The van der Waals surface area contributed by atoms with E-state index in [4.69, 9.17) is 9.47 Å². The summed E-state index contributed by atoms with van der Waals surface area (Å²) < 4.78 is 11.1. The Morgan fingerprint density at radius 3 is 2.93 bits per heavy atom. The van der Waals surface area contributed by atoms with Crippen molar-refractivity contribution < 1.29 is 14.3 Å². The molecule has 1 radical (unpaired) electrons. The maximum absolute atomic E-state index is 10.5. The number of rotatable bonds is 2. The van der Waals surface area contributed by atoms with Gasteiger partial charge in [-0.05, 0) is 18.4 Å². The molecule has 1 aromatic carbocycles. The van der Waals surface area contributed by atoms with E-state index in [0.717, 1.165) is 23.5 Å². The third-order valence-corrected chi connectivity index (χ3v) is 2.94. The van der Waals surface area contributed by atoms with Gasteiger partial charge in [-0.25, -0.2) is 0 Å². The van der Waals surface area contributed by atoms with E-state index in [0.29, 0.717) is 19.1 Å². The van der Waals surface area contributed by atoms with Crippen molar-refractivity contribution in [2.45, 2.75) is 12.3 Å². The van der Waals surface area contributed by atoms with E-state index < -0.39 is 0 Å². The standard InChI is InChI=1S/C12H11O3/c13-7-8-6-10(8)9-2-1-3-11-12(9)15-5-4-14-11/h1-3,8,10H,4-6H2. The normalized spacial score (nSPS) is 27.2. The molecule has 1 fully saturated rings. The number of benzene rings is 1. The maximum Gasteiger partial charge on any atom is 0.202 e. The fraction of sp³-hybridized carbons (Fsp3) is 0.417. The van der Waals surface area contributed by atoms with Gasteiger partial charge in [-0.15, -0.1) is 0 Å². The molecule has 1 heterocycles. The van der Waals surface area contributed by atoms with Crippen LogP contribution in [0, 0.1) is 5.92 Å². The molecule has 0 spiro atoms. The summed E-state index contributed by atoms with van der Waals surface area (Å²) in [6, 6.07) is 5.86. The van der Waals surface area contributed by atoms with Crippen molar-refractivity contribution in [3.8, 4) is 11.5 Å². The molecular weight excluding hydrogens is 192 g/mol. The van der Waals surface area contributed by atoms with E-state index in [2.05, 4.69) is 0 Å². The quantitative estimate of drug-likeness (QED) is 0.733. The molecule has 0 bridgehead atoms. The average molecular weight is 203 g/mol. The molecule has 2 aliphatic rings. The van der Waals surface area contributed by atoms with Gasteiger partial charge in [-0.3, -0.25) is 4.79 Å². The summed E-state index contributed by atoms with van der Waals surface area (Å²) >= 11 is 0. The monoisotopic (exact) mass is 203 g/mol. The Bertz CT molecular complexity index is 400. The third kappa shape index (κ3) is 1.39. The van der Waals surface area contributed by atoms with E-state index in [1.165, 1.54) is 0 Å². The highest BCUT2D eigenvalue weighted by Crippen LogP contribution is 2.51. The van der Waals surface area contributed by atoms with Crippen LogP contribution in [0.25, 0.3) is 0 Å². The van der Waals surface area contributed by atoms with E-state index >= 15 is 0 Å². The highest BCUT2D eigenvalue weighted by atomic mass is 16.6. The first-order valence-corrected chi connectivity index (χ1v) is 5.16. The van der Waals surface area contributed by atoms with Crippen LogP contribution in [0.5, 0.6) is 11.5 Å². The summed E-state index contributed by atoms with van der Waals surface area (Å²) in [7, 11) is 0. The van der Waals surface area contributed by atoms with Gasteiger partial charge in [0.25, 0.3) is 0 Å². The van der Waals surface area contributed by atoms with Crippen molar-refractivity contribution in [2.75, 3.05) is 13.2 Å². The Morgan fingerprint density at radius 1 is 1.27 bits per heavy atom. The fourth-order valence-corrected chi connectivity index (χ4v) is 2.06. The van der Waals surface area contributed by atoms with Crippen molar-refractivity contribution in [3.05, 3.63) is 23.8 Å². The number of para-hydroxylation sites is 1. The number of hydrogen-bond donors (Lipinski definition) is 0. The summed E-state index contributed by atoms with van der Waals surface area (Å²) in [6.45, 7) is 1.19. The lowest BCUT2D eigenvalue weighted by Crippen LogP contribution is -2.16. The molecule has 1 saturated carbocycles. The van der Waals surface area contributed by atoms with Crippen LogP contribution in [0.3, 0.4) is 0 Å². The van der Waals surface area contributed by atoms with Gasteiger partial charge in [0.15, 0.2) is 11.5 Å². The van der Waals surface area contributed by atoms with Gasteiger partial charge in [-0.1, -0.05) is 12.1 Å². The molecule has 3 nitrogen and oxygen atoms in total. The predicted octanol–water partition coefficient (Wildman–Crippen LogP) is 1.67. The minimum atomic E-state index is 0.0574. The molecule has 0 saturated heterocycles. The highest BCUT2D eigenvalue weighted by Gasteiger charge is 2.41. The maximum atomic E-state index is 10.5. The Balaban J connectivity index is 1.97. The highest BCUT2D eigenvalue weighted by molar-refractivity contribution is 5.64. The Hall–Kier alpha value is -1.51. The zero-order chi connectivity index (χ0) is 10.3. The molecule has 0 amide bonds. The molecule has 2 atom stereocenters. The fourth-order valence-electron chi connectivity index (χ4n) is 2.06. The van der Waals surface area contributed by atoms with Gasteiger partial charge < -0.3 is 9.47 Å². The van der Waals surface area contributed by atoms with Crippen molar-refractivity contribution in [2.24, 2.45) is 5.92 Å². The van der Waals surface area contributed by atoms with Crippen LogP contribution in [0.4, 0.5) is 0 Å². The van der Waals surface area contributed by atoms with Gasteiger partial charge in [0, 0.05) is 11.5 Å². The minimum Gasteiger partial charge on any atom is -0.486 e. The van der Waals surface area contributed by atoms with E-state index in [1.807, 2.05) is 24.5 Å². The van der Waals surface area contributed by atoms with Crippen LogP contribution in [0.15, 0.2) is 18.2 Å². The molecule has 1 aliphatic carbocycles. The second-order valence-electron chi connectivity index (χ2n) is 3.94. The molecule has 3 heteroatoms. The first kappa shape index (κ1) is 8.77. The van der Waals surface area contributed by atoms with Gasteiger partial charge in [0.05, 0.1) is 0 Å². The molecule has 0 N–H and O–H groups in total. The molecule has 15 heavy (non-hydrogen) atoms. The topological polar surface area (TPSA) is 35.5 Å². The van der Waals surface area contributed by atoms with Crippen molar-refractivity contribution in [3.63, 3.8) is 0 Å². The van der Waals surface area contributed by atoms with Crippen LogP contribution in [-0.4, -0.2) is 19.5 Å². The zero-order valence-corrected chi connectivity index (χ0v) is 8.23. The molecule has 0 aromatic heterocycles. The van der Waals surface area contributed by atoms with Crippen LogP contribution in [0.2, 0.25) is 0 Å². The first-order chi connectivity index (χ1) is 7.40. The predicted molar refractivity (Wildman–Crippen MR) is 54.0 cm³/mol. The zero-order valence-electron chi connectivity index (χ0n) is 8.23. The molecule has 2 unspecified atom stereocenters. The summed E-state index contributed by atoms with van der Waals surface area (Å²) in [6.07, 6.45) is 2.94. The molecule has 1 aromatic rings. The van der Waals surface area contributed by atoms with Crippen molar-refractivity contribution >= 4 is 6.29 Å². The minimum absolute atomic E-state index is 0.0574. The summed E-state index contributed by atoms with van der Waals surface area (Å²) in [4.78, 5) is 10.5. The number of ether oxygens (including phenoxy) is 2. The lowest BCUT2D eigenvalue weighted by molar-refractivity contribution is 0.170. The van der Waals surface area contributed by atoms with Gasteiger partial charge in [-0.2, -0.15) is 0 Å². The molecular formula is C12H11O3. The third-order valence-electron chi connectivity index (χ3n) is 2.94. The average Bonchev–Trinajstić information content (AvgIpc) is 3.07. The van der Waals surface area contributed by atoms with Gasteiger partial charge >= 0.3 is 0 Å². The van der Waals surface area contributed by atoms with Gasteiger partial charge in [0.2, 0.25) is 6.29 Å².